The summed E-state index contributed by atoms with van der Waals surface area (Å²) in [7, 11) is -0.811. The topological polar surface area (TPSA) is 75.7 Å². The molecule has 0 saturated heterocycles. The van der Waals surface area contributed by atoms with Crippen LogP contribution in [-0.2, 0) is 10.0 Å². The quantitative estimate of drug-likeness (QED) is 0.613. The first-order chi connectivity index (χ1) is 14.4. The monoisotopic (exact) mass is 422 g/mol. The highest BCUT2D eigenvalue weighted by Gasteiger charge is 2.21. The van der Waals surface area contributed by atoms with E-state index in [1.54, 1.807) is 55.6 Å². The Kier molecular flexibility index (Phi) is 6.54. The summed E-state index contributed by atoms with van der Waals surface area (Å²) in [6, 6.07) is 22.6. The van der Waals surface area contributed by atoms with Crippen molar-refractivity contribution in [2.75, 3.05) is 23.8 Å². The number of sulfonamides is 1. The number of carbonyl (C=O) groups is 1. The van der Waals surface area contributed by atoms with Gasteiger partial charge in [0, 0.05) is 12.7 Å². The number of hydrogen-bond acceptors (Lipinski definition) is 4. The zero-order valence-corrected chi connectivity index (χ0v) is 17.5. The Hall–Kier alpha value is -3.58. The maximum absolute atomic E-state index is 12.8. The molecule has 1 amide bonds. The van der Waals surface area contributed by atoms with Crippen LogP contribution >= 0.6 is 0 Å². The Labute approximate surface area is 176 Å². The van der Waals surface area contributed by atoms with Crippen molar-refractivity contribution in [3.63, 3.8) is 0 Å². The summed E-state index contributed by atoms with van der Waals surface area (Å²) in [5, 5.41) is 3.91. The van der Waals surface area contributed by atoms with Gasteiger partial charge in [0.05, 0.1) is 23.8 Å². The second kappa shape index (κ2) is 9.28. The van der Waals surface area contributed by atoms with Gasteiger partial charge in [-0.25, -0.2) is 8.42 Å². The van der Waals surface area contributed by atoms with E-state index < -0.39 is 15.9 Å². The molecule has 0 aliphatic heterocycles. The molecule has 0 fully saturated rings. The van der Waals surface area contributed by atoms with E-state index in [4.69, 9.17) is 4.74 Å². The molecule has 0 unspecified atom stereocenters. The fraction of sp³-hybridized carbons (Fsp3) is 0.0870. The summed E-state index contributed by atoms with van der Waals surface area (Å²) < 4.78 is 31.8. The molecule has 0 aliphatic rings. The number of hydrogen-bond donors (Lipinski definition) is 1. The molecule has 154 valence electrons. The first-order valence-electron chi connectivity index (χ1n) is 9.17. The van der Waals surface area contributed by atoms with E-state index in [1.165, 1.54) is 13.1 Å². The molecule has 30 heavy (non-hydrogen) atoms. The number of anilines is 2. The molecule has 0 bridgehead atoms. The number of para-hydroxylation sites is 1. The van der Waals surface area contributed by atoms with Crippen molar-refractivity contribution >= 4 is 33.4 Å². The number of amides is 1. The predicted octanol–water partition coefficient (Wildman–Crippen LogP) is 4.38. The van der Waals surface area contributed by atoms with Gasteiger partial charge in [-0.2, -0.15) is 0 Å². The van der Waals surface area contributed by atoms with Crippen LogP contribution in [0.2, 0.25) is 0 Å². The third kappa shape index (κ3) is 5.07. The maximum Gasteiger partial charge on any atom is 0.257 e. The van der Waals surface area contributed by atoms with E-state index in [1.807, 2.05) is 30.3 Å². The molecule has 3 rings (SSSR count). The molecule has 3 aromatic carbocycles. The average Bonchev–Trinajstić information content (AvgIpc) is 2.78. The summed E-state index contributed by atoms with van der Waals surface area (Å²) in [5.41, 5.74) is 1.86. The highest BCUT2D eigenvalue weighted by Crippen LogP contribution is 2.24. The third-order valence-electron chi connectivity index (χ3n) is 4.45. The normalized spacial score (nSPS) is 11.3. The number of carbonyl (C=O) groups excluding carboxylic acids is 1. The average molecular weight is 423 g/mol. The molecule has 7 heteroatoms. The molecular weight excluding hydrogens is 400 g/mol. The number of benzene rings is 3. The van der Waals surface area contributed by atoms with E-state index in [0.29, 0.717) is 11.4 Å². The molecule has 0 aliphatic carbocycles. The number of nitrogens with zero attached hydrogens (tertiary/aromatic N) is 1. The minimum absolute atomic E-state index is 0.243. The summed E-state index contributed by atoms with van der Waals surface area (Å²) in [6.45, 7) is 0. The minimum atomic E-state index is -3.79. The van der Waals surface area contributed by atoms with E-state index >= 15 is 0 Å². The SMILES string of the molecule is COc1ccc(NC(=O)c2ccccc2N(C)S(=O)(=O)C=Cc2ccccc2)cc1. The lowest BCUT2D eigenvalue weighted by atomic mass is 10.1. The fourth-order valence-electron chi connectivity index (χ4n) is 2.77. The van der Waals surface area contributed by atoms with Crippen molar-refractivity contribution < 1.29 is 17.9 Å². The fourth-order valence-corrected chi connectivity index (χ4v) is 3.72. The van der Waals surface area contributed by atoms with Gasteiger partial charge in [-0.3, -0.25) is 9.10 Å². The van der Waals surface area contributed by atoms with Gasteiger partial charge in [-0.05, 0) is 48.0 Å². The Balaban J connectivity index is 1.84. The van der Waals surface area contributed by atoms with Crippen molar-refractivity contribution in [2.45, 2.75) is 0 Å². The lowest BCUT2D eigenvalue weighted by Gasteiger charge is -2.20. The largest absolute Gasteiger partial charge is 0.497 e. The van der Waals surface area contributed by atoms with Gasteiger partial charge in [0.2, 0.25) is 0 Å². The lowest BCUT2D eigenvalue weighted by molar-refractivity contribution is 0.102. The van der Waals surface area contributed by atoms with Gasteiger partial charge in [0.1, 0.15) is 5.75 Å². The van der Waals surface area contributed by atoms with Crippen LogP contribution in [0.3, 0.4) is 0 Å². The molecule has 0 spiro atoms. The molecule has 3 aromatic rings. The molecular formula is C23H22N2O4S. The second-order valence-electron chi connectivity index (χ2n) is 6.43. The summed E-state index contributed by atoms with van der Waals surface area (Å²) in [4.78, 5) is 12.8. The van der Waals surface area contributed by atoms with Crippen LogP contribution in [0.25, 0.3) is 6.08 Å². The molecule has 0 radical (unpaired) electrons. The first kappa shape index (κ1) is 21.1. The third-order valence-corrected chi connectivity index (χ3v) is 5.89. The zero-order valence-electron chi connectivity index (χ0n) is 16.6. The molecule has 0 atom stereocenters. The lowest BCUT2D eigenvalue weighted by Crippen LogP contribution is -2.27. The molecule has 0 saturated carbocycles. The Morgan fingerprint density at radius 2 is 1.57 bits per heavy atom. The number of nitrogens with one attached hydrogen (secondary N) is 1. The van der Waals surface area contributed by atoms with Crippen molar-refractivity contribution in [1.29, 1.82) is 0 Å². The van der Waals surface area contributed by atoms with Crippen LogP contribution in [0.1, 0.15) is 15.9 Å². The van der Waals surface area contributed by atoms with Crippen molar-refractivity contribution in [1.82, 2.24) is 0 Å². The molecule has 0 aromatic heterocycles. The van der Waals surface area contributed by atoms with Gasteiger partial charge in [-0.1, -0.05) is 42.5 Å². The number of methoxy groups -OCH3 is 1. The van der Waals surface area contributed by atoms with Crippen LogP contribution < -0.4 is 14.4 Å². The van der Waals surface area contributed by atoms with E-state index in [2.05, 4.69) is 5.32 Å². The van der Waals surface area contributed by atoms with Crippen LogP contribution in [0.5, 0.6) is 5.75 Å². The number of rotatable bonds is 7. The predicted molar refractivity (Wildman–Crippen MR) is 120 cm³/mol. The Bertz CT molecular complexity index is 1140. The Morgan fingerprint density at radius 3 is 2.23 bits per heavy atom. The first-order valence-corrected chi connectivity index (χ1v) is 10.7. The smallest absolute Gasteiger partial charge is 0.257 e. The summed E-state index contributed by atoms with van der Waals surface area (Å²) in [5.74, 6) is 0.259. The van der Waals surface area contributed by atoms with Crippen LogP contribution in [0, 0.1) is 0 Å². The van der Waals surface area contributed by atoms with E-state index in [0.717, 1.165) is 15.3 Å². The highest BCUT2D eigenvalue weighted by atomic mass is 32.2. The minimum Gasteiger partial charge on any atom is -0.497 e. The van der Waals surface area contributed by atoms with Crippen molar-refractivity contribution in [3.05, 3.63) is 95.4 Å². The van der Waals surface area contributed by atoms with Gasteiger partial charge < -0.3 is 10.1 Å². The second-order valence-corrected chi connectivity index (χ2v) is 8.28. The van der Waals surface area contributed by atoms with Gasteiger partial charge in [-0.15, -0.1) is 0 Å². The number of ether oxygens (including phenoxy) is 1. The summed E-state index contributed by atoms with van der Waals surface area (Å²) in [6.07, 6.45) is 1.52. The van der Waals surface area contributed by atoms with Crippen LogP contribution in [-0.4, -0.2) is 28.5 Å². The van der Waals surface area contributed by atoms with Gasteiger partial charge in [0.15, 0.2) is 0 Å². The van der Waals surface area contributed by atoms with Gasteiger partial charge >= 0.3 is 0 Å². The van der Waals surface area contributed by atoms with E-state index in [9.17, 15) is 13.2 Å². The van der Waals surface area contributed by atoms with Crippen LogP contribution in [0.4, 0.5) is 11.4 Å². The van der Waals surface area contributed by atoms with Crippen LogP contribution in [0.15, 0.2) is 84.3 Å². The molecule has 6 nitrogen and oxygen atoms in total. The van der Waals surface area contributed by atoms with Gasteiger partial charge in [0.25, 0.3) is 15.9 Å². The van der Waals surface area contributed by atoms with Crippen molar-refractivity contribution in [3.8, 4) is 5.75 Å². The zero-order chi connectivity index (χ0) is 21.6. The molecule has 1 N–H and O–H groups in total. The standard InChI is InChI=1S/C23H22N2O4S/c1-25(30(27,28)17-16-18-8-4-3-5-9-18)22-11-7-6-10-21(22)23(26)24-19-12-14-20(29-2)15-13-19/h3-17H,1-2H3,(H,24,26). The maximum atomic E-state index is 12.8. The highest BCUT2D eigenvalue weighted by molar-refractivity contribution is 7.95. The van der Waals surface area contributed by atoms with Crippen molar-refractivity contribution in [2.24, 2.45) is 0 Å². The summed E-state index contributed by atoms with van der Waals surface area (Å²) >= 11 is 0. The Morgan fingerprint density at radius 1 is 0.933 bits per heavy atom. The molecule has 0 heterocycles. The van der Waals surface area contributed by atoms with E-state index in [-0.39, 0.29) is 11.3 Å².